The Hall–Kier alpha value is -1.26. The molecule has 1 aliphatic carbocycles. The van der Waals surface area contributed by atoms with E-state index in [1.807, 2.05) is 0 Å². The average Bonchev–Trinajstić information content (AvgIpc) is 3.10. The number of piperazine rings is 1. The molecule has 1 aromatic rings. The van der Waals surface area contributed by atoms with E-state index in [0.717, 1.165) is 17.9 Å². The van der Waals surface area contributed by atoms with Gasteiger partial charge in [0.15, 0.2) is 11.5 Å². The van der Waals surface area contributed by atoms with Crippen LogP contribution in [-0.4, -0.2) is 62.8 Å². The number of rotatable bonds is 7. The van der Waals surface area contributed by atoms with Crippen LogP contribution in [0.1, 0.15) is 37.7 Å². The van der Waals surface area contributed by atoms with Crippen LogP contribution in [-0.2, 0) is 6.42 Å². The van der Waals surface area contributed by atoms with Gasteiger partial charge in [0.25, 0.3) is 0 Å². The largest absolute Gasteiger partial charge is 0.493 e. The number of hydrogen-bond acceptors (Lipinski definition) is 4. The van der Waals surface area contributed by atoms with Crippen LogP contribution >= 0.6 is 0 Å². The monoisotopic (exact) mass is 332 g/mol. The molecular weight excluding hydrogens is 300 g/mol. The lowest BCUT2D eigenvalue weighted by atomic mass is 10.1. The van der Waals surface area contributed by atoms with Gasteiger partial charge in [0.2, 0.25) is 0 Å². The van der Waals surface area contributed by atoms with Gasteiger partial charge in [0.05, 0.1) is 13.2 Å². The summed E-state index contributed by atoms with van der Waals surface area (Å²) in [7, 11) is 3.93. The molecule has 0 spiro atoms. The van der Waals surface area contributed by atoms with Crippen molar-refractivity contribution >= 4 is 0 Å². The molecule has 1 saturated carbocycles. The average molecular weight is 332 g/mol. The molecule has 0 atom stereocenters. The second kappa shape index (κ2) is 8.72. The zero-order valence-electron chi connectivity index (χ0n) is 15.3. The summed E-state index contributed by atoms with van der Waals surface area (Å²) >= 11 is 0. The SMILES string of the molecule is COc1ccc(CCCN2CCN(C)CC2)cc1OC1CCCC1. The molecule has 1 aliphatic heterocycles. The van der Waals surface area contributed by atoms with Gasteiger partial charge in [0.1, 0.15) is 0 Å². The molecule has 2 aliphatic rings. The van der Waals surface area contributed by atoms with Crippen molar-refractivity contribution < 1.29 is 9.47 Å². The fraction of sp³-hybridized carbons (Fsp3) is 0.700. The third-order valence-electron chi connectivity index (χ3n) is 5.36. The van der Waals surface area contributed by atoms with Crippen molar-refractivity contribution in [1.29, 1.82) is 0 Å². The predicted octanol–water partition coefficient (Wildman–Crippen LogP) is 3.20. The third-order valence-corrected chi connectivity index (χ3v) is 5.36. The van der Waals surface area contributed by atoms with E-state index in [9.17, 15) is 0 Å². The molecule has 0 unspecified atom stereocenters. The van der Waals surface area contributed by atoms with E-state index in [2.05, 4.69) is 35.0 Å². The molecule has 0 N–H and O–H groups in total. The minimum atomic E-state index is 0.375. The molecule has 2 fully saturated rings. The fourth-order valence-electron chi connectivity index (χ4n) is 3.73. The van der Waals surface area contributed by atoms with Crippen LogP contribution in [0, 0.1) is 0 Å². The minimum Gasteiger partial charge on any atom is -0.493 e. The van der Waals surface area contributed by atoms with E-state index in [-0.39, 0.29) is 0 Å². The number of hydrogen-bond donors (Lipinski definition) is 0. The Morgan fingerprint density at radius 1 is 1.04 bits per heavy atom. The normalized spacial score (nSPS) is 20.4. The highest BCUT2D eigenvalue weighted by atomic mass is 16.5. The maximum atomic E-state index is 6.21. The Labute approximate surface area is 146 Å². The van der Waals surface area contributed by atoms with Crippen LogP contribution in [0.25, 0.3) is 0 Å². The van der Waals surface area contributed by atoms with Crippen molar-refractivity contribution in [3.8, 4) is 11.5 Å². The van der Waals surface area contributed by atoms with E-state index >= 15 is 0 Å². The topological polar surface area (TPSA) is 24.9 Å². The van der Waals surface area contributed by atoms with E-state index in [1.54, 1.807) is 7.11 Å². The van der Waals surface area contributed by atoms with Gasteiger partial charge in [-0.15, -0.1) is 0 Å². The number of benzene rings is 1. The Morgan fingerprint density at radius 2 is 1.79 bits per heavy atom. The van der Waals surface area contributed by atoms with Crippen molar-refractivity contribution in [1.82, 2.24) is 9.80 Å². The molecule has 0 amide bonds. The molecule has 1 aromatic carbocycles. The highest BCUT2D eigenvalue weighted by molar-refractivity contribution is 5.43. The molecule has 1 saturated heterocycles. The van der Waals surface area contributed by atoms with E-state index in [4.69, 9.17) is 9.47 Å². The first-order valence-corrected chi connectivity index (χ1v) is 9.49. The molecule has 24 heavy (non-hydrogen) atoms. The smallest absolute Gasteiger partial charge is 0.161 e. The lowest BCUT2D eigenvalue weighted by molar-refractivity contribution is 0.153. The van der Waals surface area contributed by atoms with E-state index < -0.39 is 0 Å². The van der Waals surface area contributed by atoms with Crippen LogP contribution in [0.4, 0.5) is 0 Å². The zero-order chi connectivity index (χ0) is 16.8. The van der Waals surface area contributed by atoms with Gasteiger partial charge < -0.3 is 19.3 Å². The minimum absolute atomic E-state index is 0.375. The quantitative estimate of drug-likeness (QED) is 0.765. The van der Waals surface area contributed by atoms with Crippen molar-refractivity contribution in [3.05, 3.63) is 23.8 Å². The Bertz CT molecular complexity index is 506. The van der Waals surface area contributed by atoms with Crippen molar-refractivity contribution in [2.45, 2.75) is 44.6 Å². The molecule has 0 bridgehead atoms. The predicted molar refractivity (Wildman–Crippen MR) is 98.1 cm³/mol. The van der Waals surface area contributed by atoms with Gasteiger partial charge in [-0.3, -0.25) is 0 Å². The van der Waals surface area contributed by atoms with Gasteiger partial charge in [-0.25, -0.2) is 0 Å². The summed E-state index contributed by atoms with van der Waals surface area (Å²) in [6.07, 6.45) is 7.62. The van der Waals surface area contributed by atoms with Crippen LogP contribution in [0.15, 0.2) is 18.2 Å². The Morgan fingerprint density at radius 3 is 2.50 bits per heavy atom. The maximum Gasteiger partial charge on any atom is 0.161 e. The van der Waals surface area contributed by atoms with Gasteiger partial charge in [-0.05, 0) is 69.8 Å². The van der Waals surface area contributed by atoms with Crippen LogP contribution < -0.4 is 9.47 Å². The fourth-order valence-corrected chi connectivity index (χ4v) is 3.73. The molecule has 4 nitrogen and oxygen atoms in total. The van der Waals surface area contributed by atoms with Gasteiger partial charge >= 0.3 is 0 Å². The second-order valence-corrected chi connectivity index (χ2v) is 7.26. The summed E-state index contributed by atoms with van der Waals surface area (Å²) in [5.74, 6) is 1.80. The van der Waals surface area contributed by atoms with Crippen molar-refractivity contribution in [2.24, 2.45) is 0 Å². The summed E-state index contributed by atoms with van der Waals surface area (Å²) in [5, 5.41) is 0. The molecule has 1 heterocycles. The Kier molecular flexibility index (Phi) is 6.38. The standard InChI is InChI=1S/C20H32N2O2/c1-21-12-14-22(15-13-21)11-5-6-17-9-10-19(23-2)20(16-17)24-18-7-3-4-8-18/h9-10,16,18H,3-8,11-15H2,1-2H3. The molecular formula is C20H32N2O2. The molecule has 4 heteroatoms. The molecule has 3 rings (SSSR count). The lowest BCUT2D eigenvalue weighted by Gasteiger charge is -2.32. The number of ether oxygens (including phenoxy) is 2. The summed E-state index contributed by atoms with van der Waals surface area (Å²) in [5.41, 5.74) is 1.36. The summed E-state index contributed by atoms with van der Waals surface area (Å²) in [6, 6.07) is 6.45. The summed E-state index contributed by atoms with van der Waals surface area (Å²) in [4.78, 5) is 4.99. The van der Waals surface area contributed by atoms with Gasteiger partial charge in [-0.2, -0.15) is 0 Å². The summed E-state index contributed by atoms with van der Waals surface area (Å²) < 4.78 is 11.7. The van der Waals surface area contributed by atoms with E-state index in [1.165, 1.54) is 70.4 Å². The number of methoxy groups -OCH3 is 1. The highest BCUT2D eigenvalue weighted by Crippen LogP contribution is 2.32. The highest BCUT2D eigenvalue weighted by Gasteiger charge is 2.19. The van der Waals surface area contributed by atoms with Crippen LogP contribution in [0.5, 0.6) is 11.5 Å². The van der Waals surface area contributed by atoms with E-state index in [0.29, 0.717) is 6.10 Å². The first-order chi connectivity index (χ1) is 11.7. The molecule has 0 radical (unpaired) electrons. The lowest BCUT2D eigenvalue weighted by Crippen LogP contribution is -2.44. The molecule has 0 aromatic heterocycles. The van der Waals surface area contributed by atoms with Crippen LogP contribution in [0.2, 0.25) is 0 Å². The van der Waals surface area contributed by atoms with Crippen LogP contribution in [0.3, 0.4) is 0 Å². The first kappa shape index (κ1) is 17.6. The second-order valence-electron chi connectivity index (χ2n) is 7.26. The first-order valence-electron chi connectivity index (χ1n) is 9.49. The number of aryl methyl sites for hydroxylation is 1. The maximum absolute atomic E-state index is 6.21. The number of likely N-dealkylation sites (N-methyl/N-ethyl adjacent to an activating group) is 1. The molecule has 134 valence electrons. The Balaban J connectivity index is 1.51. The van der Waals surface area contributed by atoms with Gasteiger partial charge in [0, 0.05) is 26.2 Å². The third kappa shape index (κ3) is 4.87. The zero-order valence-corrected chi connectivity index (χ0v) is 15.3. The number of nitrogens with zero attached hydrogens (tertiary/aromatic N) is 2. The van der Waals surface area contributed by atoms with Crippen molar-refractivity contribution in [3.63, 3.8) is 0 Å². The van der Waals surface area contributed by atoms with Gasteiger partial charge in [-0.1, -0.05) is 6.07 Å². The summed E-state index contributed by atoms with van der Waals surface area (Å²) in [6.45, 7) is 5.99. The van der Waals surface area contributed by atoms with Crippen molar-refractivity contribution in [2.75, 3.05) is 46.9 Å².